The molecule has 0 unspecified atom stereocenters. The van der Waals surface area contributed by atoms with E-state index in [4.69, 9.17) is 4.74 Å². The van der Waals surface area contributed by atoms with Crippen LogP contribution in [0.15, 0.2) is 12.7 Å². The van der Waals surface area contributed by atoms with E-state index in [1.54, 1.807) is 13.0 Å². The second-order valence-corrected chi connectivity index (χ2v) is 3.99. The molecule has 0 aromatic heterocycles. The van der Waals surface area contributed by atoms with Crippen LogP contribution in [0.5, 0.6) is 0 Å². The van der Waals surface area contributed by atoms with E-state index in [1.165, 1.54) is 0 Å². The van der Waals surface area contributed by atoms with E-state index in [1.807, 2.05) is 13.8 Å². The summed E-state index contributed by atoms with van der Waals surface area (Å²) in [7, 11) is 0. The van der Waals surface area contributed by atoms with Crippen molar-refractivity contribution in [3.05, 3.63) is 12.7 Å². The summed E-state index contributed by atoms with van der Waals surface area (Å²) in [4.78, 5) is 11.9. The second kappa shape index (κ2) is 7.05. The van der Waals surface area contributed by atoms with Crippen molar-refractivity contribution in [2.45, 2.75) is 40.0 Å². The van der Waals surface area contributed by atoms with E-state index in [0.29, 0.717) is 13.0 Å². The zero-order chi connectivity index (χ0) is 12.6. The van der Waals surface area contributed by atoms with Crippen LogP contribution in [-0.4, -0.2) is 12.6 Å². The van der Waals surface area contributed by atoms with Gasteiger partial charge in [0.1, 0.15) is 0 Å². The van der Waals surface area contributed by atoms with Crippen LogP contribution in [0, 0.1) is 22.7 Å². The number of ether oxygens (including phenoxy) is 1. The summed E-state index contributed by atoms with van der Waals surface area (Å²) < 4.78 is 5.01. The van der Waals surface area contributed by atoms with Crippen molar-refractivity contribution < 1.29 is 9.53 Å². The molecule has 0 fully saturated rings. The average Bonchev–Trinajstić information content (AvgIpc) is 2.26. The van der Waals surface area contributed by atoms with E-state index in [2.05, 4.69) is 12.6 Å². The maximum Gasteiger partial charge on any atom is 0.327 e. The third-order valence-electron chi connectivity index (χ3n) is 2.87. The fraction of sp³-hybridized carbons (Fsp3) is 0.692. The molecule has 3 nitrogen and oxygen atoms in total. The Morgan fingerprint density at radius 3 is 2.62 bits per heavy atom. The molecule has 16 heavy (non-hydrogen) atoms. The Kier molecular flexibility index (Phi) is 6.48. The third-order valence-corrected chi connectivity index (χ3v) is 2.87. The number of hydrogen-bond acceptors (Lipinski definition) is 3. The Balaban J connectivity index is 5.06. The highest BCUT2D eigenvalue weighted by Gasteiger charge is 2.43. The van der Waals surface area contributed by atoms with Crippen LogP contribution in [0.4, 0.5) is 0 Å². The molecule has 0 rings (SSSR count). The van der Waals surface area contributed by atoms with Gasteiger partial charge in [0.25, 0.3) is 0 Å². The topological polar surface area (TPSA) is 50.1 Å². The van der Waals surface area contributed by atoms with Gasteiger partial charge in [-0.3, -0.25) is 4.79 Å². The van der Waals surface area contributed by atoms with Gasteiger partial charge in [-0.05, 0) is 25.7 Å². The zero-order valence-corrected chi connectivity index (χ0v) is 10.5. The quantitative estimate of drug-likeness (QED) is 0.492. The molecule has 0 radical (unpaired) electrons. The highest BCUT2D eigenvalue weighted by Crippen LogP contribution is 2.35. The smallest absolute Gasteiger partial charge is 0.327 e. The summed E-state index contributed by atoms with van der Waals surface area (Å²) in [5.41, 5.74) is -1.06. The standard InChI is InChI=1S/C13H21NO2/c1-5-8-11(4)13(10-14,9-6-2)12(15)16-7-3/h6,11H,2,5,7-9H2,1,3-4H3/t11-,13+/m0/s1. The zero-order valence-electron chi connectivity index (χ0n) is 10.5. The largest absolute Gasteiger partial charge is 0.465 e. The predicted molar refractivity (Wildman–Crippen MR) is 63.6 cm³/mol. The molecular formula is C13H21NO2. The Morgan fingerprint density at radius 2 is 2.25 bits per heavy atom. The molecule has 90 valence electrons. The van der Waals surface area contributed by atoms with Crippen molar-refractivity contribution in [3.8, 4) is 6.07 Å². The number of esters is 1. The Hall–Kier alpha value is -1.30. The van der Waals surface area contributed by atoms with Crippen molar-refractivity contribution in [2.75, 3.05) is 6.61 Å². The highest BCUT2D eigenvalue weighted by molar-refractivity contribution is 5.80. The van der Waals surface area contributed by atoms with Gasteiger partial charge in [0, 0.05) is 0 Å². The van der Waals surface area contributed by atoms with E-state index >= 15 is 0 Å². The first-order chi connectivity index (χ1) is 7.58. The summed E-state index contributed by atoms with van der Waals surface area (Å²) in [6.45, 7) is 9.64. The molecule has 0 amide bonds. The van der Waals surface area contributed by atoms with Crippen molar-refractivity contribution in [1.29, 1.82) is 5.26 Å². The molecule has 0 aromatic carbocycles. The number of hydrogen-bond donors (Lipinski definition) is 0. The summed E-state index contributed by atoms with van der Waals surface area (Å²) in [6, 6.07) is 2.14. The number of nitriles is 1. The minimum absolute atomic E-state index is 0.0143. The first-order valence-corrected chi connectivity index (χ1v) is 5.78. The number of carbonyl (C=O) groups is 1. The van der Waals surface area contributed by atoms with Crippen LogP contribution in [0.1, 0.15) is 40.0 Å². The average molecular weight is 223 g/mol. The fourth-order valence-electron chi connectivity index (χ4n) is 1.85. The summed E-state index contributed by atoms with van der Waals surface area (Å²) in [5, 5.41) is 9.30. The van der Waals surface area contributed by atoms with Gasteiger partial charge in [-0.15, -0.1) is 6.58 Å². The van der Waals surface area contributed by atoms with E-state index in [-0.39, 0.29) is 5.92 Å². The van der Waals surface area contributed by atoms with Gasteiger partial charge >= 0.3 is 5.97 Å². The van der Waals surface area contributed by atoms with Gasteiger partial charge in [-0.1, -0.05) is 26.3 Å². The summed E-state index contributed by atoms with van der Waals surface area (Å²) in [5.74, 6) is -0.433. The lowest BCUT2D eigenvalue weighted by molar-refractivity contribution is -0.154. The van der Waals surface area contributed by atoms with Crippen LogP contribution < -0.4 is 0 Å². The molecule has 0 saturated carbocycles. The molecule has 0 bridgehead atoms. The predicted octanol–water partition coefficient (Wildman–Crippen LogP) is 3.07. The molecule has 0 spiro atoms. The van der Waals surface area contributed by atoms with Gasteiger partial charge < -0.3 is 4.74 Å². The van der Waals surface area contributed by atoms with E-state index < -0.39 is 11.4 Å². The lowest BCUT2D eigenvalue weighted by Crippen LogP contribution is -2.37. The molecule has 0 aliphatic carbocycles. The van der Waals surface area contributed by atoms with Crippen molar-refractivity contribution in [1.82, 2.24) is 0 Å². The number of carbonyl (C=O) groups excluding carboxylic acids is 1. The second-order valence-electron chi connectivity index (χ2n) is 3.99. The summed E-state index contributed by atoms with van der Waals surface area (Å²) >= 11 is 0. The van der Waals surface area contributed by atoms with Gasteiger partial charge in [0.15, 0.2) is 5.41 Å². The molecule has 0 aliphatic heterocycles. The molecule has 3 heteroatoms. The van der Waals surface area contributed by atoms with E-state index in [9.17, 15) is 10.1 Å². The first kappa shape index (κ1) is 14.7. The molecule has 2 atom stereocenters. The lowest BCUT2D eigenvalue weighted by atomic mass is 9.73. The maximum absolute atomic E-state index is 11.9. The van der Waals surface area contributed by atoms with Gasteiger partial charge in [-0.25, -0.2) is 0 Å². The Bertz CT molecular complexity index is 280. The van der Waals surface area contributed by atoms with Gasteiger partial charge in [0.2, 0.25) is 0 Å². The van der Waals surface area contributed by atoms with Crippen LogP contribution in [0.25, 0.3) is 0 Å². The Labute approximate surface area is 98.1 Å². The fourth-order valence-corrected chi connectivity index (χ4v) is 1.85. The van der Waals surface area contributed by atoms with Crippen LogP contribution in [-0.2, 0) is 9.53 Å². The minimum Gasteiger partial charge on any atom is -0.465 e. The molecule has 0 saturated heterocycles. The normalized spacial score (nSPS) is 15.6. The van der Waals surface area contributed by atoms with Crippen molar-refractivity contribution in [3.63, 3.8) is 0 Å². The van der Waals surface area contributed by atoms with E-state index in [0.717, 1.165) is 12.8 Å². The minimum atomic E-state index is -1.06. The number of nitrogens with zero attached hydrogens (tertiary/aromatic N) is 1. The van der Waals surface area contributed by atoms with Crippen LogP contribution in [0.3, 0.4) is 0 Å². The SMILES string of the molecule is C=CC[C@](C#N)(C(=O)OCC)[C@@H](C)CCC. The third kappa shape index (κ3) is 3.10. The highest BCUT2D eigenvalue weighted by atomic mass is 16.5. The number of allylic oxidation sites excluding steroid dienone is 1. The lowest BCUT2D eigenvalue weighted by Gasteiger charge is -2.29. The molecule has 0 aromatic rings. The van der Waals surface area contributed by atoms with Gasteiger partial charge in [-0.2, -0.15) is 5.26 Å². The summed E-state index contributed by atoms with van der Waals surface area (Å²) in [6.07, 6.45) is 3.75. The monoisotopic (exact) mass is 223 g/mol. The maximum atomic E-state index is 11.9. The van der Waals surface area contributed by atoms with Gasteiger partial charge in [0.05, 0.1) is 12.7 Å². The Morgan fingerprint density at radius 1 is 1.62 bits per heavy atom. The molecule has 0 N–H and O–H groups in total. The molecular weight excluding hydrogens is 202 g/mol. The first-order valence-electron chi connectivity index (χ1n) is 5.78. The number of rotatable bonds is 7. The van der Waals surface area contributed by atoms with Crippen LogP contribution in [0.2, 0.25) is 0 Å². The molecule has 0 heterocycles. The van der Waals surface area contributed by atoms with Crippen LogP contribution >= 0.6 is 0 Å². The van der Waals surface area contributed by atoms with Crippen molar-refractivity contribution in [2.24, 2.45) is 11.3 Å². The van der Waals surface area contributed by atoms with Crippen molar-refractivity contribution >= 4 is 5.97 Å². The molecule has 0 aliphatic rings.